The molecule has 7 aromatic rings. The van der Waals surface area contributed by atoms with Crippen molar-refractivity contribution in [2.75, 3.05) is 144 Å². The molecule has 0 spiro atoms. The summed E-state index contributed by atoms with van der Waals surface area (Å²) >= 11 is 0. The van der Waals surface area contributed by atoms with E-state index >= 15 is 0 Å². The number of hydrogen-bond acceptors (Lipinski definition) is 38. The Labute approximate surface area is 893 Å². The summed E-state index contributed by atoms with van der Waals surface area (Å²) in [7, 11) is 13.3. The minimum atomic E-state index is -1.09. The van der Waals surface area contributed by atoms with Crippen molar-refractivity contribution in [3.05, 3.63) is 227 Å². The van der Waals surface area contributed by atoms with Crippen molar-refractivity contribution >= 4 is 83.4 Å². The van der Waals surface area contributed by atoms with Crippen LogP contribution in [0, 0.1) is 49.8 Å². The predicted octanol–water partition coefficient (Wildman–Crippen LogP) is 4.11. The second-order valence-corrected chi connectivity index (χ2v) is 31.1. The van der Waals surface area contributed by atoms with Gasteiger partial charge in [0.05, 0.1) is 200 Å². The van der Waals surface area contributed by atoms with Crippen molar-refractivity contribution in [1.82, 2.24) is 10.6 Å². The number of carbonyl (C=O) groups is 11. The molecule has 6 heterocycles. The van der Waals surface area contributed by atoms with Crippen molar-refractivity contribution in [3.8, 4) is 28.7 Å². The third kappa shape index (κ3) is 36.8. The van der Waals surface area contributed by atoms with Gasteiger partial charge in [-0.1, -0.05) is 13.8 Å². The van der Waals surface area contributed by atoms with Gasteiger partial charge in [-0.25, -0.2) is 43.3 Å². The Hall–Kier alpha value is -11.0. The van der Waals surface area contributed by atoms with Crippen molar-refractivity contribution < 1.29 is 284 Å². The van der Waals surface area contributed by atoms with Crippen LogP contribution in [0.4, 0.5) is 20.6 Å². The van der Waals surface area contributed by atoms with E-state index in [0.29, 0.717) is 144 Å². The smallest absolute Gasteiger partial charge is 1.00 e. The number of nitrogens with zero attached hydrogens (tertiary/aromatic N) is 3. The zero-order valence-corrected chi connectivity index (χ0v) is 86.6. The van der Waals surface area contributed by atoms with Crippen molar-refractivity contribution in [2.45, 2.75) is 89.4 Å². The van der Waals surface area contributed by atoms with Gasteiger partial charge in [0.15, 0.2) is 5.78 Å². The van der Waals surface area contributed by atoms with Gasteiger partial charge in [-0.05, 0) is 149 Å². The number of carboxylic acids is 1. The Morgan fingerprint density at radius 1 is 0.507 bits per heavy atom. The fourth-order valence-electron chi connectivity index (χ4n) is 13.8. The van der Waals surface area contributed by atoms with Crippen molar-refractivity contribution in [1.29, 1.82) is 0 Å². The number of nitro benzene ring substituents is 2. The molecule has 6 aliphatic rings. The van der Waals surface area contributed by atoms with Crippen LogP contribution in [0.1, 0.15) is 186 Å². The summed E-state index contributed by atoms with van der Waals surface area (Å²) in [5.74, 6) is -2.29. The van der Waals surface area contributed by atoms with Gasteiger partial charge in [-0.2, -0.15) is 0 Å². The van der Waals surface area contributed by atoms with E-state index in [4.69, 9.17) is 78.1 Å². The number of benzene rings is 7. The fourth-order valence-corrected chi connectivity index (χ4v) is 13.8. The van der Waals surface area contributed by atoms with Crippen LogP contribution in [-0.2, 0) is 71.3 Å². The number of ketones is 1. The topological polar surface area (TPSA) is 581 Å². The predicted molar refractivity (Wildman–Crippen MR) is 482 cm³/mol. The molecule has 9 atom stereocenters. The Kier molecular flexibility index (Phi) is 54.0. The molecular weight excluding hydrogens is 1900 g/mol. The van der Waals surface area contributed by atoms with E-state index in [2.05, 4.69) is 39.5 Å². The number of Topliss-reactive ketones (excluding diaryl/α,β-unsaturated/α-hetero) is 1. The normalized spacial score (nSPS) is 18.0. The van der Waals surface area contributed by atoms with E-state index in [1.54, 1.807) is 127 Å². The van der Waals surface area contributed by atoms with Crippen LogP contribution >= 0.6 is 0 Å². The van der Waals surface area contributed by atoms with Gasteiger partial charge in [0.2, 0.25) is 11.9 Å². The van der Waals surface area contributed by atoms with Crippen LogP contribution in [0.25, 0.3) is 0 Å². The number of aliphatic imine (C=N–C) groups is 1. The zero-order chi connectivity index (χ0) is 103. The molecule has 46 heteroatoms. The van der Waals surface area contributed by atoms with Gasteiger partial charge in [-0.15, -0.1) is 0 Å². The number of aromatic carboxylic acids is 1. The van der Waals surface area contributed by atoms with E-state index in [1.165, 1.54) is 92.2 Å². The molecule has 6 N–H and O–H groups in total. The number of amides is 2. The molecule has 6 aliphatic heterocycles. The molecule has 0 aromatic heterocycles. The molecule has 752 valence electrons. The van der Waals surface area contributed by atoms with Gasteiger partial charge < -0.3 is 113 Å². The number of non-ortho nitro benzene ring substituents is 2. The number of rotatable bonds is 23. The largest absolute Gasteiger partial charge is 1.00 e. The average Bonchev–Trinajstić information content (AvgIpc) is 0.798. The van der Waals surface area contributed by atoms with Crippen LogP contribution in [0.5, 0.6) is 28.7 Å². The summed E-state index contributed by atoms with van der Waals surface area (Å²) in [5.41, 5.74) is 3.54. The van der Waals surface area contributed by atoms with E-state index in [0.717, 1.165) is 25.0 Å². The van der Waals surface area contributed by atoms with Gasteiger partial charge >= 0.3 is 151 Å². The monoisotopic (exact) mass is 2020 g/mol. The first-order valence-corrected chi connectivity index (χ1v) is 41.9. The Morgan fingerprint density at radius 3 is 1.15 bits per heavy atom. The molecule has 0 saturated carbocycles. The molecular formula is C94H114FK2N5O38. The number of fused-ring (bicyclic) bond motifs is 5. The number of aliphatic hydroxyl groups excluding tert-OH is 3. The van der Waals surface area contributed by atoms with Crippen LogP contribution in [0.3, 0.4) is 0 Å². The van der Waals surface area contributed by atoms with E-state index in [1.807, 2.05) is 13.8 Å². The number of carbonyl (C=O) groups excluding carboxylic acids is 10. The van der Waals surface area contributed by atoms with Crippen LogP contribution < -0.4 is 142 Å². The first kappa shape index (κ1) is 121. The third-order valence-corrected chi connectivity index (χ3v) is 20.9. The number of ether oxygens (including phenoxy) is 17. The molecule has 0 aliphatic carbocycles. The Bertz CT molecular complexity index is 5110. The Morgan fingerprint density at radius 2 is 0.821 bits per heavy atom. The fraction of sp³-hybridized carbons (Fsp3) is 0.426. The number of carboxylic acid groups (broad SMARTS) is 1. The number of alkyl halides is 1. The summed E-state index contributed by atoms with van der Waals surface area (Å²) in [4.78, 5) is 152. The first-order valence-electron chi connectivity index (χ1n) is 42.7. The van der Waals surface area contributed by atoms with Gasteiger partial charge in [0, 0.05) is 99.8 Å². The number of alkyl carbamates (subject to hydrolysis) is 1. The molecule has 0 radical (unpaired) electrons. The third-order valence-electron chi connectivity index (χ3n) is 20.9. The number of esters is 6. The van der Waals surface area contributed by atoms with Gasteiger partial charge in [-0.3, -0.25) is 49.6 Å². The number of halogens is 1. The summed E-state index contributed by atoms with van der Waals surface area (Å²) < 4.78 is 103. The number of guanidine groups is 1. The summed E-state index contributed by atoms with van der Waals surface area (Å²) in [6, 6.07) is 34.0. The second kappa shape index (κ2) is 62.3. The standard InChI is InChI=1S/C20H19NO8.C13H23N3O3.3C13H16O5.C13H14O5.C7H5NO4.CH3F.CH2O3.2K.H/c1-26-10-14-11-28-17-8-5-13(19(22)27-2)9-16(17)18(14)29-20(23)12-3-6-15(7-4-12)21(24)25;1-6-13(7-2)8-9(17)14-10(16-13)15-11(18)19-12(3,4)5;4*1-16-6-9-7-18-11-4-3-8(13(15)17-2)5-10(11)12(9)14;9-7(10)5-1-3-6(4-2-5)8(11)12;1-2;2-1-4-3;;;/h3-9,14,18H,10-11H2,1-2H3;6-8H2,1-5H3,(H2,14,15,16,17,18);3*3-5,9,12,14H,6-7H2,1-2H3;3-5,9H,6-7H2,1-2H3;1-4H,(H,9,10);1H3;1,3H;;;/q;;;;;;;;;2*+1;-1/p-1/t14-,18+;;9-,12+;9-,12-;;;;;;;;/m1.11......../s1/i;;;;;;;1D;;;;. The summed E-state index contributed by atoms with van der Waals surface area (Å²) in [6.07, 6.45) is -1.60. The molecule has 3 unspecified atom stereocenters. The Balaban J connectivity index is 0.000000558. The molecule has 140 heavy (non-hydrogen) atoms. The quantitative estimate of drug-likeness (QED) is 0.00998. The van der Waals surface area contributed by atoms with Crippen LogP contribution in [-0.4, -0.2) is 258 Å². The number of aliphatic hydroxyl groups is 3. The molecule has 0 fully saturated rings. The van der Waals surface area contributed by atoms with Gasteiger partial charge in [0.25, 0.3) is 17.8 Å². The van der Waals surface area contributed by atoms with E-state index in [9.17, 15) is 87.9 Å². The minimum absolute atomic E-state index is 0. The maximum absolute atomic E-state index is 12.7. The van der Waals surface area contributed by atoms with Crippen molar-refractivity contribution in [2.24, 2.45) is 34.6 Å². The maximum Gasteiger partial charge on any atom is 1.00 e. The minimum Gasteiger partial charge on any atom is -1.00 e. The molecule has 7 aromatic carbocycles. The number of methoxy groups -OCH3 is 10. The number of nitro groups is 2. The maximum atomic E-state index is 12.7. The second-order valence-electron chi connectivity index (χ2n) is 31.1. The summed E-state index contributed by atoms with van der Waals surface area (Å²) in [5, 5.41) is 73.5. The van der Waals surface area contributed by atoms with Crippen LogP contribution in [0.15, 0.2) is 145 Å². The average molecular weight is 2020 g/mol. The molecule has 2 amide bonds. The zero-order valence-electron chi connectivity index (χ0n) is 82.3. The number of nitrogens with one attached hydrogen (secondary N) is 2. The van der Waals surface area contributed by atoms with Crippen LogP contribution in [0.2, 0.25) is 0 Å². The van der Waals surface area contributed by atoms with Crippen molar-refractivity contribution in [3.63, 3.8) is 0 Å². The van der Waals surface area contributed by atoms with E-state index < -0.39 is 100 Å². The molecule has 43 nitrogen and oxygen atoms in total. The SMILES string of the molecule is CCC1(CC)CC(=O)NC(NC(=O)OC(C)(C)C)=N1.COCC1COc2ccc(C(=O)OC)cc2C1=O.COCC1COc2ccc(C(=O)OC)cc2C1O.COC[C@@H]1COc2ccc(C(=O)OC)cc2[C@@H]1O.COC[C@@H]1COc2ccc(C(=O)OC)cc2[C@H]1O.COC[C@@H]1COc2ccc(C(=O)OC)cc2[C@H]1OC(=O)c1ccc([N+](=O)[O-])cc1.O=C(O)c1ccc([N+](=O)[O-])cc1.O=CO[O-].[2H]CF.[H-].[K+].[K+]. The molecule has 13 rings (SSSR count). The van der Waals surface area contributed by atoms with E-state index in [-0.39, 0.29) is 194 Å². The first-order chi connectivity index (χ1) is 66.2. The van der Waals surface area contributed by atoms with Gasteiger partial charge in [0.1, 0.15) is 47.1 Å². The molecule has 0 bridgehead atoms. The summed E-state index contributed by atoms with van der Waals surface area (Å²) in [6.45, 7) is 12.7. The molecule has 0 saturated heterocycles. The number of hydrogen-bond donors (Lipinski definition) is 6.